The first-order chi connectivity index (χ1) is 14.9. The van der Waals surface area contributed by atoms with Crippen LogP contribution in [0.3, 0.4) is 0 Å². The fourth-order valence-corrected chi connectivity index (χ4v) is 3.49. The van der Waals surface area contributed by atoms with E-state index in [1.54, 1.807) is 24.5 Å². The Hall–Kier alpha value is -3.95. The first-order valence-corrected chi connectivity index (χ1v) is 9.27. The molecule has 0 spiro atoms. The zero-order chi connectivity index (χ0) is 22.1. The Morgan fingerprint density at radius 2 is 1.90 bits per heavy atom. The topological polar surface area (TPSA) is 103 Å². The van der Waals surface area contributed by atoms with Gasteiger partial charge >= 0.3 is 6.03 Å². The fraction of sp³-hybridized carbons (Fsp3) is 0.190. The van der Waals surface area contributed by atoms with E-state index in [1.165, 1.54) is 25.3 Å². The summed E-state index contributed by atoms with van der Waals surface area (Å²) in [6.07, 6.45) is 4.75. The van der Waals surface area contributed by atoms with Crippen LogP contribution in [0, 0.1) is 11.6 Å². The summed E-state index contributed by atoms with van der Waals surface area (Å²) in [5.41, 5.74) is 8.07. The Bertz CT molecular complexity index is 1130. The average molecular weight is 427 g/mol. The molecule has 0 saturated heterocycles. The van der Waals surface area contributed by atoms with E-state index >= 15 is 0 Å². The van der Waals surface area contributed by atoms with E-state index in [4.69, 9.17) is 15.2 Å². The molecule has 31 heavy (non-hydrogen) atoms. The molecule has 1 aromatic carbocycles. The Morgan fingerprint density at radius 3 is 2.52 bits per heavy atom. The lowest BCUT2D eigenvalue weighted by Gasteiger charge is -2.31. The number of benzene rings is 1. The Balaban J connectivity index is 1.72. The van der Waals surface area contributed by atoms with Crippen LogP contribution in [0.1, 0.15) is 11.1 Å². The Labute approximate surface area is 176 Å². The van der Waals surface area contributed by atoms with E-state index in [9.17, 15) is 13.6 Å². The minimum absolute atomic E-state index is 0.0696. The van der Waals surface area contributed by atoms with E-state index in [0.717, 1.165) is 6.07 Å². The molecule has 0 aliphatic carbocycles. The van der Waals surface area contributed by atoms with Crippen LogP contribution in [-0.2, 0) is 13.1 Å². The Morgan fingerprint density at radius 1 is 1.19 bits per heavy atom. The van der Waals surface area contributed by atoms with Crippen LogP contribution in [0.5, 0.6) is 11.5 Å². The van der Waals surface area contributed by atoms with Crippen LogP contribution in [0.25, 0.3) is 11.1 Å². The van der Waals surface area contributed by atoms with Crippen molar-refractivity contribution in [2.75, 3.05) is 25.3 Å². The number of nitrogen functional groups attached to an aromatic ring is 1. The molecule has 4 rings (SSSR count). The molecule has 160 valence electrons. The second-order valence-electron chi connectivity index (χ2n) is 6.83. The summed E-state index contributed by atoms with van der Waals surface area (Å²) in [5.74, 6) is -1.93. The number of amides is 2. The third kappa shape index (κ3) is 3.56. The van der Waals surface area contributed by atoms with E-state index in [-0.39, 0.29) is 36.0 Å². The molecule has 3 heterocycles. The van der Waals surface area contributed by atoms with Gasteiger partial charge in [-0.3, -0.25) is 4.98 Å². The molecule has 1 aliphatic heterocycles. The highest BCUT2D eigenvalue weighted by atomic mass is 19.1. The number of pyridine rings is 2. The highest BCUT2D eigenvalue weighted by molar-refractivity contribution is 6.00. The first kappa shape index (κ1) is 20.3. The summed E-state index contributed by atoms with van der Waals surface area (Å²) in [7, 11) is 2.53. The van der Waals surface area contributed by atoms with Gasteiger partial charge in [0, 0.05) is 41.3 Å². The summed E-state index contributed by atoms with van der Waals surface area (Å²) < 4.78 is 39.4. The minimum Gasteiger partial charge on any atom is -0.494 e. The van der Waals surface area contributed by atoms with Crippen molar-refractivity contribution in [3.63, 3.8) is 0 Å². The number of anilines is 2. The molecule has 3 N–H and O–H groups in total. The highest BCUT2D eigenvalue weighted by Crippen LogP contribution is 2.38. The SMILES string of the molecule is COc1cc(OC)c(F)c(CN2Cc3cnc(N)c(-c4cccnc4)c3NC2=O)c1F. The van der Waals surface area contributed by atoms with Gasteiger partial charge in [-0.1, -0.05) is 6.07 Å². The van der Waals surface area contributed by atoms with Crippen molar-refractivity contribution in [1.82, 2.24) is 14.9 Å². The van der Waals surface area contributed by atoms with E-state index < -0.39 is 17.7 Å². The van der Waals surface area contributed by atoms with Gasteiger partial charge in [-0.05, 0) is 6.07 Å². The molecule has 0 bridgehead atoms. The minimum atomic E-state index is -0.897. The maximum atomic E-state index is 14.8. The number of methoxy groups -OCH3 is 2. The highest BCUT2D eigenvalue weighted by Gasteiger charge is 2.30. The summed E-state index contributed by atoms with van der Waals surface area (Å²) in [6, 6.07) is 4.12. The number of ether oxygens (including phenoxy) is 2. The summed E-state index contributed by atoms with van der Waals surface area (Å²) >= 11 is 0. The monoisotopic (exact) mass is 427 g/mol. The maximum absolute atomic E-state index is 14.8. The van der Waals surface area contributed by atoms with Crippen LogP contribution >= 0.6 is 0 Å². The third-order valence-corrected chi connectivity index (χ3v) is 5.03. The molecular formula is C21H19F2N5O3. The van der Waals surface area contributed by atoms with Gasteiger partial charge in [0.15, 0.2) is 23.1 Å². The molecule has 0 fully saturated rings. The van der Waals surface area contributed by atoms with Crippen molar-refractivity contribution < 1.29 is 23.0 Å². The van der Waals surface area contributed by atoms with Gasteiger partial charge in [0.25, 0.3) is 0 Å². The number of urea groups is 1. The molecule has 0 unspecified atom stereocenters. The quantitative estimate of drug-likeness (QED) is 0.645. The molecule has 0 saturated carbocycles. The lowest BCUT2D eigenvalue weighted by Crippen LogP contribution is -2.39. The van der Waals surface area contributed by atoms with Crippen molar-refractivity contribution in [2.45, 2.75) is 13.1 Å². The second kappa shape index (κ2) is 8.05. The van der Waals surface area contributed by atoms with Crippen LogP contribution in [-0.4, -0.2) is 35.1 Å². The lowest BCUT2D eigenvalue weighted by atomic mass is 10.0. The molecule has 0 atom stereocenters. The van der Waals surface area contributed by atoms with E-state index in [0.29, 0.717) is 22.4 Å². The smallest absolute Gasteiger partial charge is 0.322 e. The first-order valence-electron chi connectivity index (χ1n) is 9.27. The largest absolute Gasteiger partial charge is 0.494 e. The number of aromatic nitrogens is 2. The van der Waals surface area contributed by atoms with Gasteiger partial charge in [0.2, 0.25) is 0 Å². The molecule has 10 heteroatoms. The summed E-state index contributed by atoms with van der Waals surface area (Å²) in [6.45, 7) is -0.275. The number of carbonyl (C=O) groups excluding carboxylic acids is 1. The number of nitrogens with two attached hydrogens (primary N) is 1. The zero-order valence-corrected chi connectivity index (χ0v) is 16.8. The lowest BCUT2D eigenvalue weighted by molar-refractivity contribution is 0.201. The fourth-order valence-electron chi connectivity index (χ4n) is 3.49. The molecule has 1 aliphatic rings. The van der Waals surface area contributed by atoms with Crippen LogP contribution in [0.4, 0.5) is 25.1 Å². The van der Waals surface area contributed by atoms with Crippen molar-refractivity contribution in [2.24, 2.45) is 0 Å². The Kier molecular flexibility index (Phi) is 5.28. The number of rotatable bonds is 5. The number of nitrogens with zero attached hydrogens (tertiary/aromatic N) is 3. The number of hydrogen-bond donors (Lipinski definition) is 2. The number of hydrogen-bond acceptors (Lipinski definition) is 6. The molecule has 2 amide bonds. The number of carbonyl (C=O) groups is 1. The van der Waals surface area contributed by atoms with Crippen molar-refractivity contribution in [1.29, 1.82) is 0 Å². The van der Waals surface area contributed by atoms with Gasteiger partial charge in [0.1, 0.15) is 5.82 Å². The number of fused-ring (bicyclic) bond motifs is 1. The predicted octanol–water partition coefficient (Wildman–Crippen LogP) is 3.57. The van der Waals surface area contributed by atoms with Crippen LogP contribution in [0.2, 0.25) is 0 Å². The standard InChI is InChI=1S/C21H19F2N5O3/c1-30-14-6-15(31-2)18(23)13(17(14)22)10-28-9-12-8-26-20(24)16(19(12)27-21(28)29)11-4-3-5-25-7-11/h3-8H,9-10H2,1-2H3,(H2,24,26)(H,27,29). The molecule has 8 nitrogen and oxygen atoms in total. The van der Waals surface area contributed by atoms with Crippen LogP contribution < -0.4 is 20.5 Å². The summed E-state index contributed by atoms with van der Waals surface area (Å²) in [5, 5.41) is 2.77. The maximum Gasteiger partial charge on any atom is 0.322 e. The van der Waals surface area contributed by atoms with Gasteiger partial charge < -0.3 is 25.4 Å². The van der Waals surface area contributed by atoms with E-state index in [2.05, 4.69) is 15.3 Å². The van der Waals surface area contributed by atoms with Gasteiger partial charge in [-0.2, -0.15) is 0 Å². The van der Waals surface area contributed by atoms with Gasteiger partial charge in [-0.15, -0.1) is 0 Å². The third-order valence-electron chi connectivity index (χ3n) is 5.03. The predicted molar refractivity (Wildman–Crippen MR) is 110 cm³/mol. The van der Waals surface area contributed by atoms with Gasteiger partial charge in [0.05, 0.1) is 38.6 Å². The normalized spacial score (nSPS) is 12.9. The second-order valence-corrected chi connectivity index (χ2v) is 6.83. The van der Waals surface area contributed by atoms with Crippen LogP contribution in [0.15, 0.2) is 36.8 Å². The van der Waals surface area contributed by atoms with Crippen molar-refractivity contribution in [3.05, 3.63) is 59.6 Å². The molecule has 3 aromatic rings. The number of nitrogens with one attached hydrogen (secondary N) is 1. The zero-order valence-electron chi connectivity index (χ0n) is 16.8. The number of halogens is 2. The van der Waals surface area contributed by atoms with Crippen molar-refractivity contribution >= 4 is 17.5 Å². The molecular weight excluding hydrogens is 408 g/mol. The average Bonchev–Trinajstić information content (AvgIpc) is 2.78. The molecule has 2 aromatic heterocycles. The van der Waals surface area contributed by atoms with Crippen molar-refractivity contribution in [3.8, 4) is 22.6 Å². The van der Waals surface area contributed by atoms with Gasteiger partial charge in [-0.25, -0.2) is 18.6 Å². The molecule has 0 radical (unpaired) electrons. The van der Waals surface area contributed by atoms with E-state index in [1.807, 2.05) is 0 Å². The summed E-state index contributed by atoms with van der Waals surface area (Å²) in [4.78, 5) is 22.4.